The number of carbonyl (C=O) groups excluding carboxylic acids is 2. The van der Waals surface area contributed by atoms with Crippen LogP contribution in [-0.2, 0) is 28.2 Å². The molecule has 0 aromatic rings. The van der Waals surface area contributed by atoms with E-state index in [1.54, 1.807) is 0 Å². The molecular formula is C31H59O8P. The van der Waals surface area contributed by atoms with Crippen molar-refractivity contribution in [3.05, 3.63) is 12.2 Å². The SMILES string of the molecule is CCCCCCC/C=C/CCCCCCCC(=O)OC[C@H](COP(=O)(O)O)OC(=O)CCCCCCCCCC. The number of carbonyl (C=O) groups is 2. The largest absolute Gasteiger partial charge is 0.469 e. The summed E-state index contributed by atoms with van der Waals surface area (Å²) in [4.78, 5) is 42.3. The maximum Gasteiger partial charge on any atom is 0.469 e. The Morgan fingerprint density at radius 2 is 1.05 bits per heavy atom. The second kappa shape index (κ2) is 27.9. The first-order valence-electron chi connectivity index (χ1n) is 16.0. The van der Waals surface area contributed by atoms with E-state index >= 15 is 0 Å². The molecule has 0 aromatic heterocycles. The fourth-order valence-corrected chi connectivity index (χ4v) is 4.73. The van der Waals surface area contributed by atoms with Gasteiger partial charge in [0.2, 0.25) is 0 Å². The van der Waals surface area contributed by atoms with E-state index in [1.807, 2.05) is 0 Å². The minimum absolute atomic E-state index is 0.212. The van der Waals surface area contributed by atoms with Crippen molar-refractivity contribution in [3.63, 3.8) is 0 Å². The molecule has 0 aliphatic rings. The molecule has 0 unspecified atom stereocenters. The third kappa shape index (κ3) is 29.8. The smallest absolute Gasteiger partial charge is 0.462 e. The number of rotatable bonds is 29. The Balaban J connectivity index is 4.01. The third-order valence-corrected chi connectivity index (χ3v) is 7.27. The van der Waals surface area contributed by atoms with Crippen molar-refractivity contribution >= 4 is 19.8 Å². The van der Waals surface area contributed by atoms with Crippen LogP contribution in [0.5, 0.6) is 0 Å². The molecule has 0 bridgehead atoms. The quantitative estimate of drug-likeness (QED) is 0.0384. The first kappa shape index (κ1) is 38.8. The van der Waals surface area contributed by atoms with Crippen LogP contribution in [0, 0.1) is 0 Å². The first-order chi connectivity index (χ1) is 19.3. The standard InChI is InChI=1S/C31H59O8P/c1-3-5-7-9-11-13-14-15-16-17-18-20-21-23-25-30(32)37-27-29(28-38-40(34,35)36)39-31(33)26-24-22-19-12-10-8-6-4-2/h14-15,29H,3-13,16-28H2,1-2H3,(H2,34,35,36)/b15-14+/t29-/m1/s1. The highest BCUT2D eigenvalue weighted by molar-refractivity contribution is 7.46. The van der Waals surface area contributed by atoms with Crippen LogP contribution in [0.25, 0.3) is 0 Å². The Kier molecular flexibility index (Phi) is 27.1. The molecule has 0 aliphatic heterocycles. The minimum Gasteiger partial charge on any atom is -0.462 e. The topological polar surface area (TPSA) is 119 Å². The van der Waals surface area contributed by atoms with Crippen molar-refractivity contribution in [2.24, 2.45) is 0 Å². The fourth-order valence-electron chi connectivity index (χ4n) is 4.37. The van der Waals surface area contributed by atoms with Crippen LogP contribution in [0.1, 0.15) is 155 Å². The van der Waals surface area contributed by atoms with Crippen LogP contribution in [0.15, 0.2) is 12.2 Å². The van der Waals surface area contributed by atoms with Gasteiger partial charge in [-0.15, -0.1) is 0 Å². The van der Waals surface area contributed by atoms with Crippen molar-refractivity contribution in [1.29, 1.82) is 0 Å². The van der Waals surface area contributed by atoms with Gasteiger partial charge in [-0.1, -0.05) is 116 Å². The molecule has 9 heteroatoms. The van der Waals surface area contributed by atoms with Gasteiger partial charge < -0.3 is 19.3 Å². The molecule has 0 saturated heterocycles. The minimum atomic E-state index is -4.73. The van der Waals surface area contributed by atoms with E-state index in [0.717, 1.165) is 51.4 Å². The summed E-state index contributed by atoms with van der Waals surface area (Å²) < 4.78 is 26.1. The highest BCUT2D eigenvalue weighted by atomic mass is 31.2. The number of phosphoric acid groups is 1. The third-order valence-electron chi connectivity index (χ3n) is 6.78. The summed E-state index contributed by atoms with van der Waals surface area (Å²) in [6.07, 6.45) is 26.6. The molecule has 0 amide bonds. The van der Waals surface area contributed by atoms with Gasteiger partial charge in [0.25, 0.3) is 0 Å². The van der Waals surface area contributed by atoms with Crippen molar-refractivity contribution in [2.45, 2.75) is 161 Å². The predicted molar refractivity (Wildman–Crippen MR) is 161 cm³/mol. The summed E-state index contributed by atoms with van der Waals surface area (Å²) in [5.74, 6) is -0.898. The predicted octanol–water partition coefficient (Wildman–Crippen LogP) is 8.73. The molecule has 0 radical (unpaired) electrons. The number of allylic oxidation sites excluding steroid dienone is 2. The molecule has 2 N–H and O–H groups in total. The Morgan fingerprint density at radius 1 is 0.625 bits per heavy atom. The van der Waals surface area contributed by atoms with Gasteiger partial charge in [-0.05, 0) is 38.5 Å². The van der Waals surface area contributed by atoms with Gasteiger partial charge in [-0.3, -0.25) is 14.1 Å². The van der Waals surface area contributed by atoms with E-state index in [9.17, 15) is 14.2 Å². The molecule has 0 aliphatic carbocycles. The number of ether oxygens (including phenoxy) is 2. The molecule has 0 rings (SSSR count). The summed E-state index contributed by atoms with van der Waals surface area (Å²) in [6, 6.07) is 0. The molecule has 0 aromatic carbocycles. The zero-order chi connectivity index (χ0) is 29.7. The lowest BCUT2D eigenvalue weighted by Gasteiger charge is -2.18. The van der Waals surface area contributed by atoms with Gasteiger partial charge in [0.15, 0.2) is 6.10 Å². The highest BCUT2D eigenvalue weighted by Crippen LogP contribution is 2.35. The lowest BCUT2D eigenvalue weighted by Crippen LogP contribution is -2.29. The summed E-state index contributed by atoms with van der Waals surface area (Å²) in [5, 5.41) is 0. The molecule has 0 fully saturated rings. The van der Waals surface area contributed by atoms with Crippen LogP contribution >= 0.6 is 7.82 Å². The van der Waals surface area contributed by atoms with Crippen molar-refractivity contribution in [2.75, 3.05) is 13.2 Å². The lowest BCUT2D eigenvalue weighted by atomic mass is 10.1. The van der Waals surface area contributed by atoms with E-state index in [4.69, 9.17) is 19.3 Å². The number of unbranched alkanes of at least 4 members (excludes halogenated alkanes) is 17. The average Bonchev–Trinajstić information content (AvgIpc) is 2.91. The monoisotopic (exact) mass is 590 g/mol. The number of hydrogen-bond donors (Lipinski definition) is 2. The molecule has 236 valence electrons. The average molecular weight is 591 g/mol. The van der Waals surface area contributed by atoms with Crippen LogP contribution in [0.4, 0.5) is 0 Å². The van der Waals surface area contributed by atoms with Gasteiger partial charge in [0.1, 0.15) is 6.61 Å². The van der Waals surface area contributed by atoms with Gasteiger partial charge in [-0.25, -0.2) is 4.57 Å². The van der Waals surface area contributed by atoms with E-state index in [0.29, 0.717) is 12.8 Å². The van der Waals surface area contributed by atoms with E-state index in [1.165, 1.54) is 64.2 Å². The van der Waals surface area contributed by atoms with E-state index in [-0.39, 0.29) is 19.4 Å². The van der Waals surface area contributed by atoms with E-state index in [2.05, 4.69) is 30.5 Å². The molecular weight excluding hydrogens is 531 g/mol. The zero-order valence-corrected chi connectivity index (χ0v) is 26.4. The lowest BCUT2D eigenvalue weighted by molar-refractivity contribution is -0.161. The molecule has 1 atom stereocenters. The van der Waals surface area contributed by atoms with Crippen LogP contribution in [0.2, 0.25) is 0 Å². The Bertz CT molecular complexity index is 676. The summed E-state index contributed by atoms with van der Waals surface area (Å²) in [5.41, 5.74) is 0. The second-order valence-electron chi connectivity index (χ2n) is 10.8. The highest BCUT2D eigenvalue weighted by Gasteiger charge is 2.22. The molecule has 0 heterocycles. The van der Waals surface area contributed by atoms with Crippen molar-refractivity contribution < 1.29 is 37.9 Å². The second-order valence-corrected chi connectivity index (χ2v) is 12.0. The number of esters is 2. The first-order valence-corrected chi connectivity index (χ1v) is 17.5. The number of hydrogen-bond acceptors (Lipinski definition) is 6. The summed E-state index contributed by atoms with van der Waals surface area (Å²) in [6.45, 7) is 3.60. The normalized spacial score (nSPS) is 12.6. The van der Waals surface area contributed by atoms with Crippen LogP contribution in [0.3, 0.4) is 0 Å². The summed E-state index contributed by atoms with van der Waals surface area (Å²) in [7, 11) is -4.73. The van der Waals surface area contributed by atoms with Gasteiger partial charge in [-0.2, -0.15) is 0 Å². The van der Waals surface area contributed by atoms with Crippen molar-refractivity contribution in [3.8, 4) is 0 Å². The maximum atomic E-state index is 12.2. The number of phosphoric ester groups is 1. The zero-order valence-electron chi connectivity index (χ0n) is 25.5. The molecule has 40 heavy (non-hydrogen) atoms. The Hall–Kier alpha value is -1.21. The van der Waals surface area contributed by atoms with Gasteiger partial charge >= 0.3 is 19.8 Å². The molecule has 0 spiro atoms. The van der Waals surface area contributed by atoms with Crippen LogP contribution in [-0.4, -0.2) is 41.0 Å². The fraction of sp³-hybridized carbons (Fsp3) is 0.871. The van der Waals surface area contributed by atoms with Gasteiger partial charge in [0, 0.05) is 12.8 Å². The Labute approximate surface area is 244 Å². The van der Waals surface area contributed by atoms with E-state index < -0.39 is 32.5 Å². The van der Waals surface area contributed by atoms with Gasteiger partial charge in [0.05, 0.1) is 6.61 Å². The maximum absolute atomic E-state index is 12.2. The summed E-state index contributed by atoms with van der Waals surface area (Å²) >= 11 is 0. The Morgan fingerprint density at radius 3 is 1.52 bits per heavy atom. The molecule has 8 nitrogen and oxygen atoms in total. The molecule has 0 saturated carbocycles. The van der Waals surface area contributed by atoms with Crippen LogP contribution < -0.4 is 0 Å². The van der Waals surface area contributed by atoms with Crippen molar-refractivity contribution in [1.82, 2.24) is 0 Å².